The number of rotatable bonds is 3. The van der Waals surface area contributed by atoms with Crippen LogP contribution in [0.25, 0.3) is 0 Å². The first-order valence-corrected chi connectivity index (χ1v) is 7.23. The molecule has 0 amide bonds. The van der Waals surface area contributed by atoms with Crippen molar-refractivity contribution in [2.75, 3.05) is 46.4 Å². The Hall–Kier alpha value is -0.230. The Morgan fingerprint density at radius 1 is 1.39 bits per heavy atom. The Bertz CT molecular complexity index is 303. The summed E-state index contributed by atoms with van der Waals surface area (Å²) >= 11 is 5.17. The van der Waals surface area contributed by atoms with Gasteiger partial charge in [0.25, 0.3) is 0 Å². The first-order chi connectivity index (χ1) is 8.49. The van der Waals surface area contributed by atoms with Gasteiger partial charge in [0.2, 0.25) is 0 Å². The van der Waals surface area contributed by atoms with E-state index in [0.717, 1.165) is 52.2 Å². The molecular formula is C13H25N3OS. The van der Waals surface area contributed by atoms with Gasteiger partial charge in [-0.2, -0.15) is 0 Å². The molecule has 5 heteroatoms. The first-order valence-electron chi connectivity index (χ1n) is 6.82. The number of hydrogen-bond donors (Lipinski definition) is 1. The van der Waals surface area contributed by atoms with Gasteiger partial charge in [-0.3, -0.25) is 0 Å². The quantitative estimate of drug-likeness (QED) is 0.766. The molecule has 2 heterocycles. The van der Waals surface area contributed by atoms with Crippen LogP contribution in [0.2, 0.25) is 0 Å². The molecule has 0 aromatic rings. The molecule has 2 N–H and O–H groups in total. The zero-order valence-electron chi connectivity index (χ0n) is 11.5. The first kappa shape index (κ1) is 14.2. The molecule has 0 saturated carbocycles. The van der Waals surface area contributed by atoms with Crippen LogP contribution < -0.4 is 5.73 Å². The fourth-order valence-corrected chi connectivity index (χ4v) is 2.94. The number of nitrogens with zero attached hydrogens (tertiary/aromatic N) is 2. The number of hydrogen-bond acceptors (Lipinski definition) is 4. The molecule has 2 rings (SSSR count). The summed E-state index contributed by atoms with van der Waals surface area (Å²) in [4.78, 5) is 5.51. The lowest BCUT2D eigenvalue weighted by atomic mass is 9.80. The maximum atomic E-state index is 5.83. The highest BCUT2D eigenvalue weighted by molar-refractivity contribution is 7.80. The van der Waals surface area contributed by atoms with Crippen LogP contribution in [0.4, 0.5) is 0 Å². The molecule has 2 aliphatic heterocycles. The van der Waals surface area contributed by atoms with Crippen LogP contribution in [-0.4, -0.2) is 67.3 Å². The van der Waals surface area contributed by atoms with Crippen molar-refractivity contribution in [2.45, 2.75) is 25.9 Å². The summed E-state index contributed by atoms with van der Waals surface area (Å²) in [5.41, 5.74) is 5.90. The second-order valence-electron chi connectivity index (χ2n) is 5.98. The second kappa shape index (κ2) is 5.82. The van der Waals surface area contributed by atoms with E-state index in [4.69, 9.17) is 22.7 Å². The number of nitrogens with two attached hydrogens (primary N) is 1. The summed E-state index contributed by atoms with van der Waals surface area (Å²) in [6.07, 6.45) is 2.51. The van der Waals surface area contributed by atoms with Crippen molar-refractivity contribution in [1.82, 2.24) is 9.80 Å². The van der Waals surface area contributed by atoms with Crippen LogP contribution >= 0.6 is 12.2 Å². The molecule has 2 saturated heterocycles. The summed E-state index contributed by atoms with van der Waals surface area (Å²) in [5.74, 6) is 0. The van der Waals surface area contributed by atoms with Gasteiger partial charge in [0.15, 0.2) is 0 Å². The molecule has 2 aliphatic rings. The van der Waals surface area contributed by atoms with Crippen LogP contribution in [0.1, 0.15) is 19.8 Å². The minimum absolute atomic E-state index is 0.0655. The summed E-state index contributed by atoms with van der Waals surface area (Å²) in [5, 5.41) is 0. The fraction of sp³-hybridized carbons (Fsp3) is 0.923. The molecule has 104 valence electrons. The largest absolute Gasteiger partial charge is 0.393 e. The number of ether oxygens (including phenoxy) is 1. The number of piperidine rings is 1. The molecule has 18 heavy (non-hydrogen) atoms. The number of likely N-dealkylation sites (tertiary alicyclic amines) is 1. The van der Waals surface area contributed by atoms with Gasteiger partial charge in [-0.15, -0.1) is 0 Å². The molecule has 0 aromatic heterocycles. The predicted molar refractivity (Wildman–Crippen MR) is 77.8 cm³/mol. The van der Waals surface area contributed by atoms with E-state index in [-0.39, 0.29) is 5.41 Å². The number of morpholine rings is 1. The Kier molecular flexibility index (Phi) is 4.59. The van der Waals surface area contributed by atoms with Gasteiger partial charge in [0, 0.05) is 25.0 Å². The van der Waals surface area contributed by atoms with E-state index in [9.17, 15) is 0 Å². The van der Waals surface area contributed by atoms with Gasteiger partial charge >= 0.3 is 0 Å². The zero-order chi connectivity index (χ0) is 13.2. The van der Waals surface area contributed by atoms with Crippen LogP contribution in [0.3, 0.4) is 0 Å². The summed E-state index contributed by atoms with van der Waals surface area (Å²) in [6.45, 7) is 8.35. The van der Waals surface area contributed by atoms with E-state index in [1.807, 2.05) is 0 Å². The molecule has 0 aromatic carbocycles. The third kappa shape index (κ3) is 3.41. The molecule has 2 fully saturated rings. The molecule has 1 atom stereocenters. The van der Waals surface area contributed by atoms with Crippen molar-refractivity contribution in [2.24, 2.45) is 11.1 Å². The molecule has 1 unspecified atom stereocenters. The Labute approximate surface area is 115 Å². The van der Waals surface area contributed by atoms with Crippen molar-refractivity contribution in [3.63, 3.8) is 0 Å². The summed E-state index contributed by atoms with van der Waals surface area (Å²) in [6, 6.07) is 0. The maximum Gasteiger partial charge on any atom is 0.0829 e. The van der Waals surface area contributed by atoms with Crippen LogP contribution in [0.5, 0.6) is 0 Å². The minimum Gasteiger partial charge on any atom is -0.393 e. The summed E-state index contributed by atoms with van der Waals surface area (Å²) in [7, 11) is 2.16. The molecule has 0 spiro atoms. The number of thiocarbonyl (C=S) groups is 1. The molecule has 0 radical (unpaired) electrons. The van der Waals surface area contributed by atoms with E-state index >= 15 is 0 Å². The lowest BCUT2D eigenvalue weighted by molar-refractivity contribution is -0.0403. The third-order valence-corrected chi connectivity index (χ3v) is 4.85. The fourth-order valence-electron chi connectivity index (χ4n) is 2.74. The maximum absolute atomic E-state index is 5.83. The van der Waals surface area contributed by atoms with Crippen molar-refractivity contribution in [3.8, 4) is 0 Å². The standard InChI is InChI=1S/C13H25N3OS/c1-13(12(14)18)3-5-16(6-4-13)10-11-9-15(2)7-8-17-11/h11H,3-10H2,1-2H3,(H2,14,18). The van der Waals surface area contributed by atoms with Gasteiger partial charge < -0.3 is 20.3 Å². The lowest BCUT2D eigenvalue weighted by Crippen LogP contribution is -2.50. The topological polar surface area (TPSA) is 41.7 Å². The second-order valence-corrected chi connectivity index (χ2v) is 6.42. The van der Waals surface area contributed by atoms with E-state index in [1.54, 1.807) is 0 Å². The molecule has 0 bridgehead atoms. The molecule has 4 nitrogen and oxygen atoms in total. The monoisotopic (exact) mass is 271 g/mol. The van der Waals surface area contributed by atoms with Gasteiger partial charge in [-0.05, 0) is 33.0 Å². The average molecular weight is 271 g/mol. The zero-order valence-corrected chi connectivity index (χ0v) is 12.3. The SMILES string of the molecule is CN1CCOC(CN2CCC(C)(C(N)=S)CC2)C1. The molecule has 0 aliphatic carbocycles. The van der Waals surface area contributed by atoms with Crippen molar-refractivity contribution in [3.05, 3.63) is 0 Å². The van der Waals surface area contributed by atoms with E-state index in [2.05, 4.69) is 23.8 Å². The van der Waals surface area contributed by atoms with Gasteiger partial charge in [0.1, 0.15) is 0 Å². The van der Waals surface area contributed by atoms with Crippen LogP contribution in [0.15, 0.2) is 0 Å². The lowest BCUT2D eigenvalue weighted by Gasteiger charge is -2.41. The Balaban J connectivity index is 1.78. The number of likely N-dealkylation sites (N-methyl/N-ethyl adjacent to an activating group) is 1. The minimum atomic E-state index is 0.0655. The van der Waals surface area contributed by atoms with E-state index in [0.29, 0.717) is 11.1 Å². The van der Waals surface area contributed by atoms with Gasteiger partial charge in [-0.25, -0.2) is 0 Å². The predicted octanol–water partition coefficient (Wildman–Crippen LogP) is 0.705. The van der Waals surface area contributed by atoms with Crippen LogP contribution in [0, 0.1) is 5.41 Å². The Morgan fingerprint density at radius 3 is 2.61 bits per heavy atom. The van der Waals surface area contributed by atoms with Crippen LogP contribution in [-0.2, 0) is 4.74 Å². The van der Waals surface area contributed by atoms with E-state index < -0.39 is 0 Å². The highest BCUT2D eigenvalue weighted by atomic mass is 32.1. The summed E-state index contributed by atoms with van der Waals surface area (Å²) < 4.78 is 5.82. The average Bonchev–Trinajstić information content (AvgIpc) is 2.32. The Morgan fingerprint density at radius 2 is 2.06 bits per heavy atom. The third-order valence-electron chi connectivity index (χ3n) is 4.36. The highest BCUT2D eigenvalue weighted by Crippen LogP contribution is 2.31. The van der Waals surface area contributed by atoms with Crippen molar-refractivity contribution in [1.29, 1.82) is 0 Å². The smallest absolute Gasteiger partial charge is 0.0829 e. The van der Waals surface area contributed by atoms with Gasteiger partial charge in [-0.1, -0.05) is 19.1 Å². The molecular weight excluding hydrogens is 246 g/mol. The normalized spacial score (nSPS) is 30.2. The van der Waals surface area contributed by atoms with Crippen molar-refractivity contribution >= 4 is 17.2 Å². The van der Waals surface area contributed by atoms with Gasteiger partial charge in [0.05, 0.1) is 17.7 Å². The van der Waals surface area contributed by atoms with Crippen molar-refractivity contribution < 1.29 is 4.74 Å². The van der Waals surface area contributed by atoms with E-state index in [1.165, 1.54) is 0 Å². The highest BCUT2D eigenvalue weighted by Gasteiger charge is 2.33.